The average molecular weight is 425 g/mol. The van der Waals surface area contributed by atoms with Gasteiger partial charge in [0.2, 0.25) is 10.0 Å². The number of piperidine rings is 1. The molecule has 0 bridgehead atoms. The van der Waals surface area contributed by atoms with E-state index >= 15 is 0 Å². The molecule has 1 aromatic rings. The number of sulfonamides is 1. The van der Waals surface area contributed by atoms with Crippen LogP contribution in [-0.2, 0) is 23.0 Å². The Balaban J connectivity index is 1.58. The van der Waals surface area contributed by atoms with Gasteiger partial charge in [-0.3, -0.25) is 4.99 Å². The van der Waals surface area contributed by atoms with Crippen LogP contribution in [0.3, 0.4) is 0 Å². The molecule has 29 heavy (non-hydrogen) atoms. The molecule has 0 amide bonds. The summed E-state index contributed by atoms with van der Waals surface area (Å²) >= 11 is 0. The number of hydrogen-bond acceptors (Lipinski definition) is 5. The number of hydrogen-bond donors (Lipinski definition) is 1. The van der Waals surface area contributed by atoms with E-state index in [1.54, 1.807) is 25.6 Å². The maximum absolute atomic E-state index is 11.7. The Morgan fingerprint density at radius 1 is 1.14 bits per heavy atom. The highest BCUT2D eigenvalue weighted by Crippen LogP contribution is 2.33. The number of benzene rings is 1. The number of nitrogens with zero attached hydrogens (tertiary/aromatic N) is 3. The van der Waals surface area contributed by atoms with Gasteiger partial charge in [0, 0.05) is 39.8 Å². The topological polar surface area (TPSA) is 83.5 Å². The van der Waals surface area contributed by atoms with Crippen molar-refractivity contribution in [3.05, 3.63) is 23.3 Å². The van der Waals surface area contributed by atoms with Crippen LogP contribution in [0, 0.1) is 5.92 Å². The summed E-state index contributed by atoms with van der Waals surface area (Å²) in [6.07, 6.45) is 3.95. The van der Waals surface area contributed by atoms with Crippen molar-refractivity contribution in [3.8, 4) is 11.5 Å². The van der Waals surface area contributed by atoms with Crippen LogP contribution in [0.15, 0.2) is 17.1 Å². The second-order valence-corrected chi connectivity index (χ2v) is 9.66. The van der Waals surface area contributed by atoms with Crippen LogP contribution in [-0.4, -0.2) is 77.3 Å². The first-order valence-corrected chi connectivity index (χ1v) is 11.8. The van der Waals surface area contributed by atoms with Crippen LogP contribution in [0.25, 0.3) is 0 Å². The lowest BCUT2D eigenvalue weighted by atomic mass is 9.98. The van der Waals surface area contributed by atoms with Gasteiger partial charge in [0.15, 0.2) is 17.5 Å². The zero-order valence-electron chi connectivity index (χ0n) is 17.8. The highest BCUT2D eigenvalue weighted by molar-refractivity contribution is 7.88. The summed E-state index contributed by atoms with van der Waals surface area (Å²) < 4.78 is 35.8. The van der Waals surface area contributed by atoms with Crippen LogP contribution in [0.1, 0.15) is 24.0 Å². The van der Waals surface area contributed by atoms with Crippen molar-refractivity contribution < 1.29 is 17.9 Å². The quantitative estimate of drug-likeness (QED) is 0.567. The number of guanidine groups is 1. The zero-order valence-corrected chi connectivity index (χ0v) is 18.6. The number of methoxy groups -OCH3 is 2. The van der Waals surface area contributed by atoms with E-state index in [0.29, 0.717) is 19.0 Å². The lowest BCUT2D eigenvalue weighted by molar-refractivity contribution is 0.271. The molecule has 0 unspecified atom stereocenters. The molecule has 0 saturated carbocycles. The summed E-state index contributed by atoms with van der Waals surface area (Å²) in [5.41, 5.74) is 2.50. The van der Waals surface area contributed by atoms with E-state index in [1.165, 1.54) is 17.4 Å². The average Bonchev–Trinajstić information content (AvgIpc) is 2.72. The Morgan fingerprint density at radius 2 is 1.76 bits per heavy atom. The summed E-state index contributed by atoms with van der Waals surface area (Å²) in [6.45, 7) is 3.65. The zero-order chi connectivity index (χ0) is 21.0. The minimum atomic E-state index is -3.08. The van der Waals surface area contributed by atoms with Gasteiger partial charge in [0.05, 0.1) is 20.5 Å². The predicted octanol–water partition coefficient (Wildman–Crippen LogP) is 1.31. The molecule has 9 heteroatoms. The van der Waals surface area contributed by atoms with Crippen LogP contribution in [0.4, 0.5) is 0 Å². The molecule has 3 rings (SSSR count). The maximum Gasteiger partial charge on any atom is 0.211 e. The van der Waals surface area contributed by atoms with E-state index in [2.05, 4.69) is 27.3 Å². The first-order valence-electron chi connectivity index (χ1n) is 10.00. The molecule has 2 aliphatic heterocycles. The molecular weight excluding hydrogens is 392 g/mol. The summed E-state index contributed by atoms with van der Waals surface area (Å²) in [5, 5.41) is 3.50. The molecule has 1 N–H and O–H groups in total. The Kier molecular flexibility index (Phi) is 6.89. The summed E-state index contributed by atoms with van der Waals surface area (Å²) in [5.74, 6) is 2.85. The first-order chi connectivity index (χ1) is 13.9. The minimum Gasteiger partial charge on any atom is -0.493 e. The Labute approximate surface area is 173 Å². The van der Waals surface area contributed by atoms with Crippen molar-refractivity contribution >= 4 is 16.0 Å². The van der Waals surface area contributed by atoms with Gasteiger partial charge in [-0.1, -0.05) is 0 Å². The fourth-order valence-electron chi connectivity index (χ4n) is 4.08. The normalized spacial score (nSPS) is 19.0. The highest BCUT2D eigenvalue weighted by atomic mass is 32.2. The second-order valence-electron chi connectivity index (χ2n) is 7.68. The molecule has 8 nitrogen and oxygen atoms in total. The fourth-order valence-corrected chi connectivity index (χ4v) is 4.95. The fraction of sp³-hybridized carbons (Fsp3) is 0.650. The molecule has 0 atom stereocenters. The molecule has 0 aliphatic carbocycles. The molecule has 2 heterocycles. The maximum atomic E-state index is 11.7. The predicted molar refractivity (Wildman–Crippen MR) is 114 cm³/mol. The van der Waals surface area contributed by atoms with E-state index in [4.69, 9.17) is 9.47 Å². The van der Waals surface area contributed by atoms with Crippen molar-refractivity contribution in [2.75, 3.05) is 53.7 Å². The van der Waals surface area contributed by atoms with E-state index in [9.17, 15) is 8.42 Å². The van der Waals surface area contributed by atoms with Gasteiger partial charge in [-0.05, 0) is 48.4 Å². The number of rotatable bonds is 5. The molecule has 0 aromatic heterocycles. The lowest BCUT2D eigenvalue weighted by Gasteiger charge is -2.34. The van der Waals surface area contributed by atoms with Gasteiger partial charge in [-0.25, -0.2) is 12.7 Å². The Bertz CT molecular complexity index is 848. The van der Waals surface area contributed by atoms with E-state index in [1.807, 2.05) is 0 Å². The third-order valence-electron chi connectivity index (χ3n) is 5.82. The third kappa shape index (κ3) is 5.14. The first kappa shape index (κ1) is 21.7. The smallest absolute Gasteiger partial charge is 0.211 e. The van der Waals surface area contributed by atoms with Crippen LogP contribution >= 0.6 is 0 Å². The lowest BCUT2D eigenvalue weighted by Crippen LogP contribution is -2.47. The monoisotopic (exact) mass is 424 g/mol. The number of nitrogens with one attached hydrogen (secondary N) is 1. The van der Waals surface area contributed by atoms with Crippen molar-refractivity contribution in [2.45, 2.75) is 25.8 Å². The molecule has 162 valence electrons. The molecule has 1 saturated heterocycles. The third-order valence-corrected chi connectivity index (χ3v) is 7.12. The van der Waals surface area contributed by atoms with Crippen LogP contribution in [0.2, 0.25) is 0 Å². The van der Waals surface area contributed by atoms with Gasteiger partial charge in [-0.15, -0.1) is 0 Å². The van der Waals surface area contributed by atoms with Crippen LogP contribution < -0.4 is 14.8 Å². The van der Waals surface area contributed by atoms with Crippen molar-refractivity contribution in [1.82, 2.24) is 14.5 Å². The van der Waals surface area contributed by atoms with Crippen molar-refractivity contribution in [2.24, 2.45) is 10.9 Å². The minimum absolute atomic E-state index is 0.450. The molecule has 0 radical (unpaired) electrons. The highest BCUT2D eigenvalue weighted by Gasteiger charge is 2.26. The van der Waals surface area contributed by atoms with E-state index < -0.39 is 10.0 Å². The summed E-state index contributed by atoms with van der Waals surface area (Å²) in [7, 11) is 2.04. The Morgan fingerprint density at radius 3 is 2.31 bits per heavy atom. The second kappa shape index (κ2) is 9.21. The van der Waals surface area contributed by atoms with Crippen molar-refractivity contribution in [1.29, 1.82) is 0 Å². The van der Waals surface area contributed by atoms with Gasteiger partial charge in [0.25, 0.3) is 0 Å². The summed E-state index contributed by atoms with van der Waals surface area (Å²) in [4.78, 5) is 6.72. The number of fused-ring (bicyclic) bond motifs is 1. The Hall–Kier alpha value is -2.00. The SMILES string of the molecule is CN=C(NCC1CCN(S(C)(=O)=O)CC1)N1CCc2cc(OC)c(OC)cc2C1. The van der Waals surface area contributed by atoms with Crippen LogP contribution in [0.5, 0.6) is 11.5 Å². The summed E-state index contributed by atoms with van der Waals surface area (Å²) in [6, 6.07) is 4.12. The van der Waals surface area contributed by atoms with Gasteiger partial charge < -0.3 is 19.7 Å². The van der Waals surface area contributed by atoms with Gasteiger partial charge in [-0.2, -0.15) is 0 Å². The standard InChI is InChI=1S/C20H32N4O4S/c1-21-20(22-13-15-5-9-24(10-6-15)29(4,25)26)23-8-7-16-11-18(27-2)19(28-3)12-17(16)14-23/h11-12,15H,5-10,13-14H2,1-4H3,(H,21,22). The number of ether oxygens (including phenoxy) is 2. The molecular formula is C20H32N4O4S. The largest absolute Gasteiger partial charge is 0.493 e. The van der Waals surface area contributed by atoms with Gasteiger partial charge in [0.1, 0.15) is 0 Å². The van der Waals surface area contributed by atoms with Crippen molar-refractivity contribution in [3.63, 3.8) is 0 Å². The van der Waals surface area contributed by atoms with Gasteiger partial charge >= 0.3 is 0 Å². The molecule has 1 aromatic carbocycles. The number of aliphatic imine (C=N–C) groups is 1. The van der Waals surface area contributed by atoms with E-state index in [-0.39, 0.29) is 0 Å². The molecule has 2 aliphatic rings. The molecule has 0 spiro atoms. The molecule has 1 fully saturated rings. The van der Waals surface area contributed by atoms with E-state index in [0.717, 1.165) is 56.4 Å².